The molecule has 0 fully saturated rings. The molecule has 0 saturated carbocycles. The Kier molecular flexibility index (Phi) is 4.57. The number of carbonyl (C=O) groups excluding carboxylic acids is 1. The summed E-state index contributed by atoms with van der Waals surface area (Å²) in [5.74, 6) is 1.28. The normalized spacial score (nSPS) is 12.0. The molecule has 1 unspecified atom stereocenters. The summed E-state index contributed by atoms with van der Waals surface area (Å²) in [5.41, 5.74) is 1.87. The average Bonchev–Trinajstić information content (AvgIpc) is 3.02. The van der Waals surface area contributed by atoms with Crippen molar-refractivity contribution in [1.29, 1.82) is 0 Å². The van der Waals surface area contributed by atoms with Gasteiger partial charge in [0.2, 0.25) is 0 Å². The Hall–Kier alpha value is -2.82. The summed E-state index contributed by atoms with van der Waals surface area (Å²) in [5, 5.41) is 2.96. The van der Waals surface area contributed by atoms with E-state index in [2.05, 4.69) is 15.3 Å². The van der Waals surface area contributed by atoms with Crippen molar-refractivity contribution < 1.29 is 9.53 Å². The fourth-order valence-corrected chi connectivity index (χ4v) is 2.40. The predicted molar refractivity (Wildman–Crippen MR) is 89.2 cm³/mol. The maximum atomic E-state index is 12.1. The van der Waals surface area contributed by atoms with Crippen LogP contribution in [0.1, 0.15) is 25.2 Å². The molecule has 0 radical (unpaired) electrons. The number of H-pyrrole nitrogens is 1. The first-order valence-corrected chi connectivity index (χ1v) is 7.68. The van der Waals surface area contributed by atoms with E-state index in [1.807, 2.05) is 61.5 Å². The number of nitrogens with zero attached hydrogens (tertiary/aromatic N) is 1. The topological polar surface area (TPSA) is 67.0 Å². The summed E-state index contributed by atoms with van der Waals surface area (Å²) in [7, 11) is 0. The number of aromatic nitrogens is 2. The summed E-state index contributed by atoms with van der Waals surface area (Å²) in [6.45, 7) is 2.00. The van der Waals surface area contributed by atoms with Crippen LogP contribution in [0.5, 0.6) is 5.75 Å². The lowest BCUT2D eigenvalue weighted by atomic mass is 10.2. The highest BCUT2D eigenvalue weighted by atomic mass is 16.5. The number of carbonyl (C=O) groups is 1. The van der Waals surface area contributed by atoms with Crippen LogP contribution in [0.4, 0.5) is 0 Å². The fourth-order valence-electron chi connectivity index (χ4n) is 2.40. The second-order valence-electron chi connectivity index (χ2n) is 5.27. The van der Waals surface area contributed by atoms with E-state index < -0.39 is 0 Å². The lowest BCUT2D eigenvalue weighted by Gasteiger charge is -2.15. The van der Waals surface area contributed by atoms with Crippen molar-refractivity contribution in [3.05, 3.63) is 60.4 Å². The third-order valence-electron chi connectivity index (χ3n) is 3.59. The minimum absolute atomic E-state index is 0.0132. The van der Waals surface area contributed by atoms with E-state index in [1.165, 1.54) is 0 Å². The first-order valence-electron chi connectivity index (χ1n) is 7.68. The minimum atomic E-state index is -0.166. The van der Waals surface area contributed by atoms with Gasteiger partial charge in [0.25, 0.3) is 5.91 Å². The first kappa shape index (κ1) is 15.1. The van der Waals surface area contributed by atoms with E-state index in [4.69, 9.17) is 4.74 Å². The van der Waals surface area contributed by atoms with Crippen LogP contribution in [0.25, 0.3) is 11.0 Å². The smallest absolute Gasteiger partial charge is 0.258 e. The van der Waals surface area contributed by atoms with Crippen LogP contribution >= 0.6 is 0 Å². The van der Waals surface area contributed by atoms with Gasteiger partial charge < -0.3 is 15.0 Å². The molecule has 1 amide bonds. The molecule has 2 N–H and O–H groups in total. The Balaban J connectivity index is 1.63. The number of para-hydroxylation sites is 3. The van der Waals surface area contributed by atoms with Crippen molar-refractivity contribution in [2.24, 2.45) is 0 Å². The predicted octanol–water partition coefficient (Wildman–Crippen LogP) is 3.21. The number of imidazole rings is 1. The number of ether oxygens (including phenoxy) is 1. The standard InChI is InChI=1S/C18H19N3O2/c1-2-14(18-20-15-10-6-7-11-16(15)21-18)19-17(22)12-23-13-8-4-3-5-9-13/h3-11,14H,2,12H2,1H3,(H,19,22)(H,20,21). The molecule has 0 spiro atoms. The van der Waals surface area contributed by atoms with Crippen LogP contribution in [0.2, 0.25) is 0 Å². The molecule has 1 heterocycles. The van der Waals surface area contributed by atoms with E-state index in [-0.39, 0.29) is 18.6 Å². The highest BCUT2D eigenvalue weighted by Gasteiger charge is 2.16. The second-order valence-corrected chi connectivity index (χ2v) is 5.27. The molecule has 0 saturated heterocycles. The monoisotopic (exact) mass is 309 g/mol. The van der Waals surface area contributed by atoms with Crippen LogP contribution in [-0.4, -0.2) is 22.5 Å². The Bertz CT molecular complexity index is 750. The van der Waals surface area contributed by atoms with Crippen molar-refractivity contribution in [2.45, 2.75) is 19.4 Å². The van der Waals surface area contributed by atoms with Crippen LogP contribution in [0, 0.1) is 0 Å². The zero-order valence-electron chi connectivity index (χ0n) is 13.0. The van der Waals surface area contributed by atoms with E-state index in [9.17, 15) is 4.79 Å². The van der Waals surface area contributed by atoms with Gasteiger partial charge in [0.15, 0.2) is 6.61 Å². The molecule has 1 atom stereocenters. The zero-order valence-corrected chi connectivity index (χ0v) is 13.0. The van der Waals surface area contributed by atoms with Gasteiger partial charge in [-0.25, -0.2) is 4.98 Å². The molecule has 3 rings (SSSR count). The number of rotatable bonds is 6. The maximum absolute atomic E-state index is 12.1. The summed E-state index contributed by atoms with van der Waals surface area (Å²) in [6, 6.07) is 17.0. The number of hydrogen-bond acceptors (Lipinski definition) is 3. The Morgan fingerprint density at radius 2 is 1.91 bits per heavy atom. The van der Waals surface area contributed by atoms with Gasteiger partial charge in [0.1, 0.15) is 11.6 Å². The molecule has 5 nitrogen and oxygen atoms in total. The molecular formula is C18H19N3O2. The minimum Gasteiger partial charge on any atom is -0.484 e. The highest BCUT2D eigenvalue weighted by Crippen LogP contribution is 2.18. The molecule has 2 aromatic carbocycles. The van der Waals surface area contributed by atoms with Crippen LogP contribution in [-0.2, 0) is 4.79 Å². The SMILES string of the molecule is CCC(NC(=O)COc1ccccc1)c1nc2ccccc2[nH]1. The van der Waals surface area contributed by atoms with Crippen LogP contribution < -0.4 is 10.1 Å². The number of hydrogen-bond donors (Lipinski definition) is 2. The van der Waals surface area contributed by atoms with Gasteiger partial charge in [0, 0.05) is 0 Å². The number of benzene rings is 2. The van der Waals surface area contributed by atoms with E-state index in [0.717, 1.165) is 23.3 Å². The van der Waals surface area contributed by atoms with E-state index in [1.54, 1.807) is 0 Å². The second kappa shape index (κ2) is 6.96. The number of fused-ring (bicyclic) bond motifs is 1. The van der Waals surface area contributed by atoms with Crippen molar-refractivity contribution in [2.75, 3.05) is 6.61 Å². The van der Waals surface area contributed by atoms with Crippen molar-refractivity contribution >= 4 is 16.9 Å². The molecule has 0 aliphatic rings. The maximum Gasteiger partial charge on any atom is 0.258 e. The summed E-state index contributed by atoms with van der Waals surface area (Å²) >= 11 is 0. The largest absolute Gasteiger partial charge is 0.484 e. The molecule has 1 aromatic heterocycles. The van der Waals surface area contributed by atoms with Gasteiger partial charge in [0.05, 0.1) is 17.1 Å². The molecule has 0 aliphatic carbocycles. The van der Waals surface area contributed by atoms with Gasteiger partial charge in [-0.1, -0.05) is 37.3 Å². The summed E-state index contributed by atoms with van der Waals surface area (Å²) in [4.78, 5) is 19.9. The van der Waals surface area contributed by atoms with Gasteiger partial charge in [-0.05, 0) is 30.7 Å². The number of nitrogens with one attached hydrogen (secondary N) is 2. The van der Waals surface area contributed by atoms with E-state index in [0.29, 0.717) is 5.75 Å². The third kappa shape index (κ3) is 3.69. The molecule has 23 heavy (non-hydrogen) atoms. The summed E-state index contributed by atoms with van der Waals surface area (Å²) in [6.07, 6.45) is 0.747. The third-order valence-corrected chi connectivity index (χ3v) is 3.59. The Labute approximate surface area is 134 Å². The average molecular weight is 309 g/mol. The molecular weight excluding hydrogens is 290 g/mol. The van der Waals surface area contributed by atoms with Crippen LogP contribution in [0.15, 0.2) is 54.6 Å². The van der Waals surface area contributed by atoms with Crippen molar-refractivity contribution in [3.8, 4) is 5.75 Å². The van der Waals surface area contributed by atoms with Gasteiger partial charge in [-0.3, -0.25) is 4.79 Å². The quantitative estimate of drug-likeness (QED) is 0.735. The number of amides is 1. The molecule has 0 bridgehead atoms. The first-order chi connectivity index (χ1) is 11.3. The lowest BCUT2D eigenvalue weighted by Crippen LogP contribution is -2.32. The van der Waals surface area contributed by atoms with Gasteiger partial charge in [-0.15, -0.1) is 0 Å². The molecule has 5 heteroatoms. The molecule has 3 aromatic rings. The van der Waals surface area contributed by atoms with Gasteiger partial charge in [-0.2, -0.15) is 0 Å². The van der Waals surface area contributed by atoms with Crippen LogP contribution in [0.3, 0.4) is 0 Å². The lowest BCUT2D eigenvalue weighted by molar-refractivity contribution is -0.123. The van der Waals surface area contributed by atoms with Crippen molar-refractivity contribution in [3.63, 3.8) is 0 Å². The van der Waals surface area contributed by atoms with E-state index >= 15 is 0 Å². The summed E-state index contributed by atoms with van der Waals surface area (Å²) < 4.78 is 5.47. The number of aromatic amines is 1. The zero-order chi connectivity index (χ0) is 16.1. The molecule has 118 valence electrons. The van der Waals surface area contributed by atoms with Gasteiger partial charge >= 0.3 is 0 Å². The Morgan fingerprint density at radius 1 is 1.17 bits per heavy atom. The fraction of sp³-hybridized carbons (Fsp3) is 0.222. The molecule has 0 aliphatic heterocycles. The van der Waals surface area contributed by atoms with Crippen molar-refractivity contribution in [1.82, 2.24) is 15.3 Å². The Morgan fingerprint density at radius 3 is 2.65 bits per heavy atom. The highest BCUT2D eigenvalue weighted by molar-refractivity contribution is 5.78.